The van der Waals surface area contributed by atoms with Gasteiger partial charge in [0.1, 0.15) is 5.58 Å². The van der Waals surface area contributed by atoms with Crippen molar-refractivity contribution in [3.63, 3.8) is 0 Å². The highest BCUT2D eigenvalue weighted by Gasteiger charge is 2.10. The highest BCUT2D eigenvalue weighted by Crippen LogP contribution is 2.29. The van der Waals surface area contributed by atoms with E-state index in [2.05, 4.69) is 23.2 Å². The maximum atomic E-state index is 12.0. The van der Waals surface area contributed by atoms with Crippen molar-refractivity contribution in [1.29, 1.82) is 0 Å². The van der Waals surface area contributed by atoms with E-state index in [0.717, 1.165) is 28.1 Å². The molecule has 0 bridgehead atoms. The minimum atomic E-state index is -0.349. The van der Waals surface area contributed by atoms with Gasteiger partial charge in [0.15, 0.2) is 5.17 Å². The van der Waals surface area contributed by atoms with Gasteiger partial charge in [-0.1, -0.05) is 72.4 Å². The summed E-state index contributed by atoms with van der Waals surface area (Å²) in [5.41, 5.74) is 8.49. The fourth-order valence-corrected chi connectivity index (χ4v) is 3.98. The zero-order valence-electron chi connectivity index (χ0n) is 15.7. The molecule has 0 saturated heterocycles. The maximum absolute atomic E-state index is 12.0. The number of rotatable bonds is 5. The van der Waals surface area contributed by atoms with Gasteiger partial charge in [-0.15, -0.1) is 12.4 Å². The Bertz CT molecular complexity index is 1210. The molecule has 148 valence electrons. The van der Waals surface area contributed by atoms with Crippen LogP contribution >= 0.6 is 24.2 Å². The van der Waals surface area contributed by atoms with Crippen LogP contribution in [-0.2, 0) is 12.2 Å². The van der Waals surface area contributed by atoms with E-state index in [9.17, 15) is 4.79 Å². The first-order chi connectivity index (χ1) is 13.7. The van der Waals surface area contributed by atoms with E-state index >= 15 is 0 Å². The molecule has 1 aromatic heterocycles. The van der Waals surface area contributed by atoms with Crippen LogP contribution in [0, 0.1) is 0 Å². The summed E-state index contributed by atoms with van der Waals surface area (Å²) in [5, 5.41) is 3.67. The topological polar surface area (TPSA) is 68.6 Å². The molecule has 3 aromatic carbocycles. The number of aliphatic imine (C=N–C) groups is 1. The van der Waals surface area contributed by atoms with Crippen LogP contribution in [-0.4, -0.2) is 11.7 Å². The fraction of sp³-hybridized carbons (Fsp3) is 0.130. The molecule has 6 heteroatoms. The maximum Gasteiger partial charge on any atom is 0.336 e. The molecule has 0 unspecified atom stereocenters. The van der Waals surface area contributed by atoms with Crippen LogP contribution in [0.25, 0.3) is 21.7 Å². The minimum absolute atomic E-state index is 0. The zero-order chi connectivity index (χ0) is 19.3. The van der Waals surface area contributed by atoms with Crippen LogP contribution in [0.4, 0.5) is 0 Å². The van der Waals surface area contributed by atoms with Crippen LogP contribution in [0.1, 0.15) is 11.1 Å². The lowest BCUT2D eigenvalue weighted by Crippen LogP contribution is -2.09. The predicted molar refractivity (Wildman–Crippen MR) is 125 cm³/mol. The van der Waals surface area contributed by atoms with E-state index in [-0.39, 0.29) is 18.0 Å². The molecule has 1 heterocycles. The molecule has 0 atom stereocenters. The standard InChI is InChI=1S/C23H20N2O2S.ClH/c24-23(25-13-12-16-6-2-1-3-7-16)28-15-18-14-21(26)27-20-11-10-17-8-4-5-9-19(17)22(18)20;/h1-11,14H,12-13,15H2,(H2,24,25);1H. The summed E-state index contributed by atoms with van der Waals surface area (Å²) < 4.78 is 5.40. The van der Waals surface area contributed by atoms with E-state index in [0.29, 0.717) is 23.0 Å². The van der Waals surface area contributed by atoms with Crippen LogP contribution in [0.5, 0.6) is 0 Å². The SMILES string of the molecule is Cl.NC(=NCCc1ccccc1)SCc1cc(=O)oc2ccc3ccccc3c12. The molecule has 0 aliphatic rings. The minimum Gasteiger partial charge on any atom is -0.423 e. The lowest BCUT2D eigenvalue weighted by atomic mass is 10.0. The molecule has 0 fully saturated rings. The summed E-state index contributed by atoms with van der Waals surface area (Å²) >= 11 is 1.44. The molecule has 0 spiro atoms. The third kappa shape index (κ3) is 5.00. The first-order valence-electron chi connectivity index (χ1n) is 9.12. The van der Waals surface area contributed by atoms with Gasteiger partial charge in [-0.25, -0.2) is 4.79 Å². The number of fused-ring (bicyclic) bond motifs is 3. The van der Waals surface area contributed by atoms with Crippen molar-refractivity contribution in [3.8, 4) is 0 Å². The third-order valence-electron chi connectivity index (χ3n) is 4.60. The van der Waals surface area contributed by atoms with E-state index < -0.39 is 0 Å². The summed E-state index contributed by atoms with van der Waals surface area (Å²) in [6, 6.07) is 23.7. The molecular weight excluding hydrogens is 404 g/mol. The second-order valence-corrected chi connectivity index (χ2v) is 7.49. The Morgan fingerprint density at radius 2 is 1.76 bits per heavy atom. The van der Waals surface area contributed by atoms with E-state index in [1.807, 2.05) is 48.5 Å². The Labute approximate surface area is 179 Å². The first-order valence-corrected chi connectivity index (χ1v) is 10.1. The van der Waals surface area contributed by atoms with E-state index in [1.165, 1.54) is 17.3 Å². The lowest BCUT2D eigenvalue weighted by Gasteiger charge is -2.08. The Hall–Kier alpha value is -2.76. The van der Waals surface area contributed by atoms with Gasteiger partial charge in [0.05, 0.1) is 0 Å². The van der Waals surface area contributed by atoms with Crippen molar-refractivity contribution in [3.05, 3.63) is 94.3 Å². The van der Waals surface area contributed by atoms with Crippen LogP contribution in [0.2, 0.25) is 0 Å². The number of amidine groups is 1. The molecule has 4 nitrogen and oxygen atoms in total. The number of nitrogens with two attached hydrogens (primary N) is 1. The number of thioether (sulfide) groups is 1. The number of nitrogens with zero attached hydrogens (tertiary/aromatic N) is 1. The van der Waals surface area contributed by atoms with Crippen molar-refractivity contribution in [2.75, 3.05) is 6.54 Å². The van der Waals surface area contributed by atoms with Gasteiger partial charge in [0.2, 0.25) is 0 Å². The van der Waals surface area contributed by atoms with Gasteiger partial charge in [0.25, 0.3) is 0 Å². The number of halogens is 1. The molecular formula is C23H21ClN2O2S. The first kappa shape index (κ1) is 21.0. The molecule has 2 N–H and O–H groups in total. The van der Waals surface area contributed by atoms with Crippen molar-refractivity contribution in [2.45, 2.75) is 12.2 Å². The Kier molecular flexibility index (Phi) is 6.96. The molecule has 0 amide bonds. The largest absolute Gasteiger partial charge is 0.423 e. The van der Waals surface area contributed by atoms with Crippen LogP contribution in [0.3, 0.4) is 0 Å². The molecule has 0 aliphatic carbocycles. The summed E-state index contributed by atoms with van der Waals surface area (Å²) in [7, 11) is 0. The highest BCUT2D eigenvalue weighted by atomic mass is 35.5. The normalized spacial score (nSPS) is 11.5. The average molecular weight is 425 g/mol. The second kappa shape index (κ2) is 9.63. The van der Waals surface area contributed by atoms with Crippen molar-refractivity contribution in [1.82, 2.24) is 0 Å². The third-order valence-corrected chi connectivity index (χ3v) is 5.48. The van der Waals surface area contributed by atoms with Crippen molar-refractivity contribution < 1.29 is 4.42 Å². The van der Waals surface area contributed by atoms with Crippen LogP contribution in [0.15, 0.2) is 87.0 Å². The monoisotopic (exact) mass is 424 g/mol. The van der Waals surface area contributed by atoms with E-state index in [4.69, 9.17) is 10.2 Å². The second-order valence-electron chi connectivity index (χ2n) is 6.49. The summed E-state index contributed by atoms with van der Waals surface area (Å²) in [4.78, 5) is 16.4. The Morgan fingerprint density at radius 3 is 2.59 bits per heavy atom. The van der Waals surface area contributed by atoms with Crippen molar-refractivity contribution >= 4 is 51.1 Å². The van der Waals surface area contributed by atoms with Gasteiger partial charge in [-0.3, -0.25) is 4.99 Å². The van der Waals surface area contributed by atoms with E-state index in [1.54, 1.807) is 6.07 Å². The number of hydrogen-bond donors (Lipinski definition) is 1. The van der Waals surface area contributed by atoms with Gasteiger partial charge in [0, 0.05) is 23.8 Å². The quantitative estimate of drug-likeness (QED) is 0.208. The summed E-state index contributed by atoms with van der Waals surface area (Å²) in [6.07, 6.45) is 0.852. The molecule has 4 rings (SSSR count). The number of benzene rings is 3. The van der Waals surface area contributed by atoms with Gasteiger partial charge in [-0.05, 0) is 34.4 Å². The highest BCUT2D eigenvalue weighted by molar-refractivity contribution is 8.13. The lowest BCUT2D eigenvalue weighted by molar-refractivity contribution is 0.560. The molecule has 4 aromatic rings. The smallest absolute Gasteiger partial charge is 0.336 e. The van der Waals surface area contributed by atoms with Gasteiger partial charge >= 0.3 is 5.63 Å². The molecule has 0 saturated carbocycles. The summed E-state index contributed by atoms with van der Waals surface area (Å²) in [5.74, 6) is 0.566. The van der Waals surface area contributed by atoms with Crippen LogP contribution < -0.4 is 11.4 Å². The average Bonchev–Trinajstić information content (AvgIpc) is 2.72. The van der Waals surface area contributed by atoms with Gasteiger partial charge in [-0.2, -0.15) is 0 Å². The summed E-state index contributed by atoms with van der Waals surface area (Å²) in [6.45, 7) is 0.642. The molecule has 0 aliphatic heterocycles. The molecule has 29 heavy (non-hydrogen) atoms. The Balaban J connectivity index is 0.00000240. The van der Waals surface area contributed by atoms with Gasteiger partial charge < -0.3 is 10.2 Å². The molecule has 0 radical (unpaired) electrons. The zero-order valence-corrected chi connectivity index (χ0v) is 17.3. The predicted octanol–water partition coefficient (Wildman–Crippen LogP) is 5.16. The Morgan fingerprint density at radius 1 is 1.00 bits per heavy atom. The van der Waals surface area contributed by atoms with Crippen molar-refractivity contribution in [2.24, 2.45) is 10.7 Å². The number of hydrogen-bond acceptors (Lipinski definition) is 4. The fourth-order valence-electron chi connectivity index (χ4n) is 3.27.